The fourth-order valence-corrected chi connectivity index (χ4v) is 5.50. The molecule has 0 bridgehead atoms. The molecule has 2 aromatic carbocycles. The van der Waals surface area contributed by atoms with Gasteiger partial charge in [0.25, 0.3) is 5.91 Å². The summed E-state index contributed by atoms with van der Waals surface area (Å²) >= 11 is 6.87. The van der Waals surface area contributed by atoms with Gasteiger partial charge in [-0.05, 0) is 61.7 Å². The summed E-state index contributed by atoms with van der Waals surface area (Å²) < 4.78 is 13.5. The normalized spacial score (nSPS) is 19.4. The van der Waals surface area contributed by atoms with Crippen LogP contribution in [-0.4, -0.2) is 51.3 Å². The number of para-hydroxylation sites is 1. The SMILES string of the molecule is COc1ccc(-c2nn(-c3ccccc3)cc2/C=C2/SC(=S)N(C[C@@H]3CCCO3)C2=O)c(C)c1. The van der Waals surface area contributed by atoms with E-state index in [1.54, 1.807) is 12.0 Å². The second-order valence-electron chi connectivity index (χ2n) is 8.32. The summed E-state index contributed by atoms with van der Waals surface area (Å²) in [7, 11) is 1.66. The Balaban J connectivity index is 1.54. The Morgan fingerprint density at radius 3 is 2.79 bits per heavy atom. The van der Waals surface area contributed by atoms with E-state index in [-0.39, 0.29) is 12.0 Å². The molecule has 0 spiro atoms. The Morgan fingerprint density at radius 2 is 2.09 bits per heavy atom. The minimum absolute atomic E-state index is 0.0557. The van der Waals surface area contributed by atoms with Crippen LogP contribution in [0.4, 0.5) is 0 Å². The summed E-state index contributed by atoms with van der Waals surface area (Å²) in [6.07, 6.45) is 5.90. The van der Waals surface area contributed by atoms with Crippen molar-refractivity contribution in [3.05, 3.63) is 70.8 Å². The lowest BCUT2D eigenvalue weighted by Gasteiger charge is -2.18. The molecule has 1 aromatic heterocycles. The molecule has 174 valence electrons. The Hall–Kier alpha value is -2.94. The number of rotatable bonds is 6. The summed E-state index contributed by atoms with van der Waals surface area (Å²) in [6.45, 7) is 3.29. The maximum atomic E-state index is 13.2. The molecular formula is C26H25N3O3S2. The van der Waals surface area contributed by atoms with Crippen molar-refractivity contribution in [2.75, 3.05) is 20.3 Å². The third kappa shape index (κ3) is 4.53. The number of carbonyl (C=O) groups is 1. The number of thioether (sulfide) groups is 1. The molecule has 0 saturated carbocycles. The van der Waals surface area contributed by atoms with Gasteiger partial charge >= 0.3 is 0 Å². The van der Waals surface area contributed by atoms with E-state index in [1.807, 2.05) is 72.4 Å². The molecule has 0 radical (unpaired) electrons. The predicted molar refractivity (Wildman–Crippen MR) is 139 cm³/mol. The molecule has 8 heteroatoms. The van der Waals surface area contributed by atoms with Crippen molar-refractivity contribution in [3.8, 4) is 22.7 Å². The highest BCUT2D eigenvalue weighted by atomic mass is 32.2. The van der Waals surface area contributed by atoms with Crippen molar-refractivity contribution in [1.82, 2.24) is 14.7 Å². The number of ether oxygens (including phenoxy) is 2. The van der Waals surface area contributed by atoms with Crippen LogP contribution in [0, 0.1) is 6.92 Å². The molecule has 0 unspecified atom stereocenters. The standard InChI is InChI=1S/C26H25N3O3S2/c1-17-13-20(31-2)10-11-22(17)24-18(15-29(27-24)19-7-4-3-5-8-19)14-23-25(30)28(26(33)34-23)16-21-9-6-12-32-21/h3-5,7-8,10-11,13-15,21H,6,9,12,16H2,1-2H3/b23-14+/t21-/m0/s1. The molecule has 1 atom stereocenters. The Labute approximate surface area is 208 Å². The van der Waals surface area contributed by atoms with Crippen molar-refractivity contribution in [2.45, 2.75) is 25.9 Å². The van der Waals surface area contributed by atoms with Crippen LogP contribution in [0.15, 0.2) is 59.6 Å². The van der Waals surface area contributed by atoms with Crippen LogP contribution in [0.3, 0.4) is 0 Å². The van der Waals surface area contributed by atoms with Gasteiger partial charge in [0.1, 0.15) is 15.8 Å². The number of aromatic nitrogens is 2. The third-order valence-electron chi connectivity index (χ3n) is 6.02. The van der Waals surface area contributed by atoms with Crippen LogP contribution in [0.5, 0.6) is 5.75 Å². The van der Waals surface area contributed by atoms with E-state index < -0.39 is 0 Å². The Bertz CT molecular complexity index is 1260. The van der Waals surface area contributed by atoms with E-state index in [0.29, 0.717) is 15.8 Å². The van der Waals surface area contributed by atoms with Crippen LogP contribution in [-0.2, 0) is 9.53 Å². The van der Waals surface area contributed by atoms with Gasteiger partial charge in [-0.3, -0.25) is 9.69 Å². The van der Waals surface area contributed by atoms with Crippen molar-refractivity contribution in [2.24, 2.45) is 0 Å². The highest BCUT2D eigenvalue weighted by Crippen LogP contribution is 2.36. The molecule has 1 amide bonds. The number of benzene rings is 2. The zero-order valence-corrected chi connectivity index (χ0v) is 20.7. The number of nitrogens with zero attached hydrogens (tertiary/aromatic N) is 3. The second-order valence-corrected chi connectivity index (χ2v) is 10.00. The molecule has 2 saturated heterocycles. The Morgan fingerprint density at radius 1 is 1.26 bits per heavy atom. The highest BCUT2D eigenvalue weighted by molar-refractivity contribution is 8.26. The number of hydrogen-bond donors (Lipinski definition) is 0. The molecule has 3 heterocycles. The average molecular weight is 492 g/mol. The molecule has 0 aliphatic carbocycles. The minimum Gasteiger partial charge on any atom is -0.497 e. The lowest BCUT2D eigenvalue weighted by atomic mass is 10.0. The van der Waals surface area contributed by atoms with Crippen LogP contribution in [0.25, 0.3) is 23.0 Å². The van der Waals surface area contributed by atoms with E-state index in [2.05, 4.69) is 0 Å². The van der Waals surface area contributed by atoms with Crippen molar-refractivity contribution >= 4 is 40.3 Å². The van der Waals surface area contributed by atoms with Gasteiger partial charge < -0.3 is 9.47 Å². The number of amides is 1. The van der Waals surface area contributed by atoms with E-state index in [4.69, 9.17) is 26.8 Å². The van der Waals surface area contributed by atoms with Gasteiger partial charge in [0.2, 0.25) is 0 Å². The van der Waals surface area contributed by atoms with Gasteiger partial charge in [-0.15, -0.1) is 0 Å². The number of thiocarbonyl (C=S) groups is 1. The maximum Gasteiger partial charge on any atom is 0.266 e. The first-order chi connectivity index (χ1) is 16.5. The Kier molecular flexibility index (Phi) is 6.54. The van der Waals surface area contributed by atoms with Crippen molar-refractivity contribution in [3.63, 3.8) is 0 Å². The topological polar surface area (TPSA) is 56.6 Å². The van der Waals surface area contributed by atoms with Gasteiger partial charge in [-0.25, -0.2) is 4.68 Å². The van der Waals surface area contributed by atoms with Crippen LogP contribution in [0.2, 0.25) is 0 Å². The van der Waals surface area contributed by atoms with E-state index >= 15 is 0 Å². The highest BCUT2D eigenvalue weighted by Gasteiger charge is 2.35. The predicted octanol–water partition coefficient (Wildman–Crippen LogP) is 5.24. The minimum atomic E-state index is -0.0737. The van der Waals surface area contributed by atoms with Gasteiger partial charge in [-0.2, -0.15) is 5.10 Å². The van der Waals surface area contributed by atoms with Crippen LogP contribution < -0.4 is 4.74 Å². The molecular weight excluding hydrogens is 466 g/mol. The molecule has 5 rings (SSSR count). The number of aryl methyl sites for hydroxylation is 1. The number of methoxy groups -OCH3 is 1. The summed E-state index contributed by atoms with van der Waals surface area (Å²) in [5, 5.41) is 4.90. The first kappa shape index (κ1) is 22.8. The number of hydrogen-bond acceptors (Lipinski definition) is 6. The largest absolute Gasteiger partial charge is 0.497 e. The monoisotopic (exact) mass is 491 g/mol. The van der Waals surface area contributed by atoms with E-state index in [1.165, 1.54) is 11.8 Å². The van der Waals surface area contributed by atoms with Crippen molar-refractivity contribution in [1.29, 1.82) is 0 Å². The third-order valence-corrected chi connectivity index (χ3v) is 7.40. The molecule has 2 aliphatic heterocycles. The van der Waals surface area contributed by atoms with Crippen LogP contribution >= 0.6 is 24.0 Å². The fourth-order valence-electron chi connectivity index (χ4n) is 4.23. The summed E-state index contributed by atoms with van der Waals surface area (Å²) in [4.78, 5) is 15.5. The molecule has 6 nitrogen and oxygen atoms in total. The quantitative estimate of drug-likeness (QED) is 0.347. The smallest absolute Gasteiger partial charge is 0.266 e. The molecule has 3 aromatic rings. The molecule has 0 N–H and O–H groups in total. The first-order valence-electron chi connectivity index (χ1n) is 11.2. The van der Waals surface area contributed by atoms with Gasteiger partial charge in [-0.1, -0.05) is 42.2 Å². The molecule has 34 heavy (non-hydrogen) atoms. The zero-order chi connectivity index (χ0) is 23.7. The first-order valence-corrected chi connectivity index (χ1v) is 12.4. The zero-order valence-electron chi connectivity index (χ0n) is 19.1. The van der Waals surface area contributed by atoms with E-state index in [0.717, 1.165) is 53.3 Å². The van der Waals surface area contributed by atoms with E-state index in [9.17, 15) is 4.79 Å². The summed E-state index contributed by atoms with van der Waals surface area (Å²) in [5.74, 6) is 0.718. The summed E-state index contributed by atoms with van der Waals surface area (Å²) in [6, 6.07) is 15.9. The van der Waals surface area contributed by atoms with Gasteiger partial charge in [0.05, 0.1) is 30.4 Å². The lowest BCUT2D eigenvalue weighted by molar-refractivity contribution is -0.123. The number of carbonyl (C=O) groups excluding carboxylic acids is 1. The lowest BCUT2D eigenvalue weighted by Crippen LogP contribution is -2.35. The molecule has 2 aliphatic rings. The van der Waals surface area contributed by atoms with Crippen LogP contribution in [0.1, 0.15) is 24.0 Å². The molecule has 2 fully saturated rings. The maximum absolute atomic E-state index is 13.2. The van der Waals surface area contributed by atoms with Gasteiger partial charge in [0, 0.05) is 23.9 Å². The summed E-state index contributed by atoms with van der Waals surface area (Å²) in [5.41, 5.74) is 4.62. The van der Waals surface area contributed by atoms with Crippen molar-refractivity contribution < 1.29 is 14.3 Å². The second kappa shape index (κ2) is 9.74. The average Bonchev–Trinajstić information content (AvgIpc) is 3.57. The fraction of sp³-hybridized carbons (Fsp3) is 0.269. The van der Waals surface area contributed by atoms with Gasteiger partial charge in [0.15, 0.2) is 0 Å².